The van der Waals surface area contributed by atoms with Gasteiger partial charge in [-0.1, -0.05) is 47.5 Å². The van der Waals surface area contributed by atoms with Crippen LogP contribution in [0.25, 0.3) is 0 Å². The van der Waals surface area contributed by atoms with E-state index in [0.29, 0.717) is 57.3 Å². The molecule has 20 nitrogen and oxygen atoms in total. The van der Waals surface area contributed by atoms with E-state index in [4.69, 9.17) is 9.47 Å². The Bertz CT molecular complexity index is 1860. The average molecular weight is 914 g/mol. The molecule has 0 spiro atoms. The number of rotatable bonds is 27. The molecule has 20 heteroatoms. The molecule has 1 aromatic heterocycles. The second-order valence-electron chi connectivity index (χ2n) is 17.3. The molecular weight excluding hydrogens is 843 g/mol. The molecule has 0 unspecified atom stereocenters. The van der Waals surface area contributed by atoms with Crippen LogP contribution in [-0.2, 0) is 43.0 Å². The van der Waals surface area contributed by atoms with Gasteiger partial charge >= 0.3 is 5.97 Å². The van der Waals surface area contributed by atoms with E-state index in [0.717, 1.165) is 0 Å². The highest BCUT2D eigenvalue weighted by molar-refractivity contribution is 6.12. The molecule has 5 N–H and O–H groups in total. The van der Waals surface area contributed by atoms with Gasteiger partial charge in [0.1, 0.15) is 12.1 Å². The number of carbonyl (C=O) groups excluding carboxylic acids is 7. The Morgan fingerprint density at radius 3 is 2.20 bits per heavy atom. The maximum atomic E-state index is 14.4. The molecule has 8 atom stereocenters. The Morgan fingerprint density at radius 2 is 1.62 bits per heavy atom. The first kappa shape index (κ1) is 53.8. The number of aryl methyl sites for hydroxylation is 1. The van der Waals surface area contributed by atoms with Gasteiger partial charge in [0.05, 0.1) is 47.9 Å². The first-order valence-electron chi connectivity index (χ1n) is 22.6. The number of hydrogen-bond donors (Lipinski definition) is 5. The molecule has 1 fully saturated rings. The molecule has 362 valence electrons. The summed E-state index contributed by atoms with van der Waals surface area (Å²) in [6.07, 6.45) is 6.54. The van der Waals surface area contributed by atoms with Crippen molar-refractivity contribution in [3.63, 3.8) is 0 Å². The van der Waals surface area contributed by atoms with Crippen LogP contribution >= 0.6 is 0 Å². The minimum atomic E-state index is -1.16. The quantitative estimate of drug-likeness (QED) is 0.0626. The summed E-state index contributed by atoms with van der Waals surface area (Å²) in [6.45, 7) is 13.6. The number of carboxylic acid groups (broad SMARTS) is 1. The number of unbranched alkanes of at least 4 members (excludes halogenated alkanes) is 2. The number of likely N-dealkylation sites (tertiary alicyclic amines) is 1. The van der Waals surface area contributed by atoms with Crippen LogP contribution < -0.4 is 21.3 Å². The van der Waals surface area contributed by atoms with Crippen molar-refractivity contribution in [1.82, 2.24) is 40.6 Å². The van der Waals surface area contributed by atoms with Crippen molar-refractivity contribution in [3.05, 3.63) is 29.6 Å². The minimum absolute atomic E-state index is 0.0439. The zero-order valence-corrected chi connectivity index (χ0v) is 39.7. The predicted molar refractivity (Wildman–Crippen MR) is 240 cm³/mol. The summed E-state index contributed by atoms with van der Waals surface area (Å²) in [4.78, 5) is 115. The predicted octanol–water partition coefficient (Wildman–Crippen LogP) is 2.06. The molecule has 3 rings (SSSR count). The van der Waals surface area contributed by atoms with E-state index in [1.54, 1.807) is 30.7 Å². The van der Waals surface area contributed by atoms with Crippen LogP contribution in [0.3, 0.4) is 0 Å². The number of likely N-dealkylation sites (N-methyl/N-ethyl adjacent to an activating group) is 1. The number of carboxylic acids is 1. The van der Waals surface area contributed by atoms with Crippen molar-refractivity contribution >= 4 is 53.3 Å². The third-order valence-corrected chi connectivity index (χ3v) is 12.3. The number of methoxy groups -OCH3 is 2. The van der Waals surface area contributed by atoms with Gasteiger partial charge < -0.3 is 45.6 Å². The van der Waals surface area contributed by atoms with E-state index in [9.17, 15) is 43.5 Å². The van der Waals surface area contributed by atoms with Crippen LogP contribution in [0.15, 0.2) is 18.3 Å². The first-order valence-corrected chi connectivity index (χ1v) is 22.6. The topological polar surface area (TPSA) is 259 Å². The van der Waals surface area contributed by atoms with Crippen molar-refractivity contribution in [2.45, 2.75) is 136 Å². The fourth-order valence-electron chi connectivity index (χ4n) is 8.29. The molecule has 1 saturated heterocycles. The van der Waals surface area contributed by atoms with Gasteiger partial charge in [0.25, 0.3) is 17.7 Å². The third kappa shape index (κ3) is 15.0. The van der Waals surface area contributed by atoms with Gasteiger partial charge in [-0.2, -0.15) is 0 Å². The highest BCUT2D eigenvalue weighted by Crippen LogP contribution is 2.30. The second kappa shape index (κ2) is 25.8. The maximum absolute atomic E-state index is 14.4. The summed E-state index contributed by atoms with van der Waals surface area (Å²) in [5, 5.41) is 20.5. The molecule has 0 aromatic carbocycles. The lowest BCUT2D eigenvalue weighted by Crippen LogP contribution is -2.56. The lowest BCUT2D eigenvalue weighted by Gasteiger charge is -2.40. The van der Waals surface area contributed by atoms with Crippen molar-refractivity contribution in [2.24, 2.45) is 17.8 Å². The smallest absolute Gasteiger partial charge is 0.325 e. The number of nitrogens with one attached hydrogen (secondary N) is 4. The first-order chi connectivity index (χ1) is 30.8. The van der Waals surface area contributed by atoms with E-state index in [-0.39, 0.29) is 78.8 Å². The van der Waals surface area contributed by atoms with E-state index in [1.807, 2.05) is 27.7 Å². The molecule has 1 aromatic rings. The third-order valence-electron chi connectivity index (χ3n) is 12.3. The number of nitrogens with zero attached hydrogens (tertiary/aromatic N) is 5. The lowest BCUT2D eigenvalue weighted by atomic mass is 9.89. The molecule has 0 saturated carbocycles. The van der Waals surface area contributed by atoms with Crippen LogP contribution in [0.5, 0.6) is 0 Å². The summed E-state index contributed by atoms with van der Waals surface area (Å²) in [5.41, 5.74) is 0.597. The average Bonchev–Trinajstić information content (AvgIpc) is 3.88. The van der Waals surface area contributed by atoms with E-state index in [2.05, 4.69) is 31.2 Å². The number of aliphatic carboxylic acids is 1. The van der Waals surface area contributed by atoms with Gasteiger partial charge in [-0.25, -0.2) is 9.97 Å². The summed E-state index contributed by atoms with van der Waals surface area (Å²) in [5.74, 6) is -4.31. The standard InChI is InChI=1S/C45H71N9O11/c1-11-27(4)39(33(64-9)24-37(58)53-23-15-16-32(53)40(65-10)28(5)41(59)49-30(7)44(62)63)52(8)43(61)38(26(2)3)51-45-48-25-31(29(6)50-45)42(60)47-21-20-46-34(55)17-13-12-14-22-54-35(56)18-19-36(54)57/h18-19,25-28,30,32-33,38-40H,11-17,20-24H2,1-10H3,(H,46,55)(H,47,60)(H,49,59)(H,62,63)(H,48,50,51)/t27-,28+,30-,32-,33+,38-,39-,40+/m0/s1. The molecule has 2 aliphatic rings. The summed E-state index contributed by atoms with van der Waals surface area (Å²) in [7, 11) is 4.67. The monoisotopic (exact) mass is 914 g/mol. The van der Waals surface area contributed by atoms with Crippen LogP contribution in [0.1, 0.15) is 109 Å². The van der Waals surface area contributed by atoms with E-state index < -0.39 is 60.1 Å². The minimum Gasteiger partial charge on any atom is -0.480 e. The van der Waals surface area contributed by atoms with Crippen LogP contribution in [0.4, 0.5) is 5.95 Å². The Kier molecular flexibility index (Phi) is 21.4. The molecule has 2 aliphatic heterocycles. The van der Waals surface area contributed by atoms with Gasteiger partial charge in [-0.3, -0.25) is 43.3 Å². The lowest BCUT2D eigenvalue weighted by molar-refractivity contribution is -0.147. The maximum Gasteiger partial charge on any atom is 0.325 e. The number of ether oxygens (including phenoxy) is 2. The normalized spacial score (nSPS) is 18.1. The van der Waals surface area contributed by atoms with E-state index in [1.165, 1.54) is 44.4 Å². The summed E-state index contributed by atoms with van der Waals surface area (Å²) in [6, 6.07) is -2.83. The molecule has 65 heavy (non-hydrogen) atoms. The van der Waals surface area contributed by atoms with Gasteiger partial charge in [-0.05, 0) is 51.4 Å². The Labute approximate surface area is 382 Å². The van der Waals surface area contributed by atoms with Crippen LogP contribution in [-0.4, -0.2) is 161 Å². The number of carbonyl (C=O) groups is 8. The Hall–Kier alpha value is -5.50. The summed E-state index contributed by atoms with van der Waals surface area (Å²) >= 11 is 0. The largest absolute Gasteiger partial charge is 0.480 e. The molecule has 0 bridgehead atoms. The molecule has 0 radical (unpaired) electrons. The number of amides is 7. The number of aromatic nitrogens is 2. The van der Waals surface area contributed by atoms with Crippen LogP contribution in [0.2, 0.25) is 0 Å². The van der Waals surface area contributed by atoms with Crippen molar-refractivity contribution in [3.8, 4) is 0 Å². The number of anilines is 1. The van der Waals surface area contributed by atoms with Gasteiger partial charge in [0.15, 0.2) is 0 Å². The zero-order chi connectivity index (χ0) is 48.5. The van der Waals surface area contributed by atoms with Crippen molar-refractivity contribution in [1.29, 1.82) is 0 Å². The molecule has 3 heterocycles. The van der Waals surface area contributed by atoms with Crippen molar-refractivity contribution < 1.29 is 52.9 Å². The summed E-state index contributed by atoms with van der Waals surface area (Å²) < 4.78 is 11.8. The highest BCUT2D eigenvalue weighted by atomic mass is 16.5. The highest BCUT2D eigenvalue weighted by Gasteiger charge is 2.43. The number of hydrogen-bond acceptors (Lipinski definition) is 13. The fraction of sp³-hybridized carbons (Fsp3) is 0.689. The fourth-order valence-corrected chi connectivity index (χ4v) is 8.29. The van der Waals surface area contributed by atoms with Crippen LogP contribution in [0, 0.1) is 24.7 Å². The Morgan fingerprint density at radius 1 is 0.954 bits per heavy atom. The number of imide groups is 1. The van der Waals surface area contributed by atoms with Gasteiger partial charge in [0.2, 0.25) is 29.6 Å². The van der Waals surface area contributed by atoms with E-state index >= 15 is 0 Å². The zero-order valence-electron chi connectivity index (χ0n) is 39.7. The van der Waals surface area contributed by atoms with Gasteiger partial charge in [0, 0.05) is 72.2 Å². The molecule has 7 amide bonds. The SMILES string of the molecule is CC[C@H](C)[C@@H]([C@@H](CC(=O)N1CCC[C@H]1[C@H](OC)[C@@H](C)C(=O)N[C@@H](C)C(=O)O)OC)N(C)C(=O)[C@@H](Nc1ncc(C(=O)NCCNC(=O)CCCCCN2C(=O)C=CC2=O)c(C)n1)C(C)C. The van der Waals surface area contributed by atoms with Crippen molar-refractivity contribution in [2.75, 3.05) is 52.8 Å². The molecule has 0 aliphatic carbocycles. The Balaban J connectivity index is 1.60. The second-order valence-corrected chi connectivity index (χ2v) is 17.3. The van der Waals surface area contributed by atoms with Gasteiger partial charge in [-0.15, -0.1) is 0 Å². The molecular formula is C45H71N9O11.